The van der Waals surface area contributed by atoms with E-state index in [2.05, 4.69) is 0 Å². The predicted octanol–water partition coefficient (Wildman–Crippen LogP) is 2.01. The van der Waals surface area contributed by atoms with Crippen LogP contribution in [-0.4, -0.2) is 18.5 Å². The molecule has 0 aliphatic carbocycles. The molecule has 1 aromatic carbocycles. The zero-order valence-corrected chi connectivity index (χ0v) is 11.5. The molecule has 1 aliphatic rings. The van der Waals surface area contributed by atoms with Crippen molar-refractivity contribution in [1.29, 1.82) is 0 Å². The molecule has 0 spiro atoms. The van der Waals surface area contributed by atoms with E-state index >= 15 is 0 Å². The van der Waals surface area contributed by atoms with E-state index in [-0.39, 0.29) is 12.2 Å². The Balaban J connectivity index is 2.48. The Hall–Kier alpha value is -1.76. The molecule has 2 rings (SSSR count). The fourth-order valence-electron chi connectivity index (χ4n) is 2.70. The fourth-order valence-corrected chi connectivity index (χ4v) is 2.70. The van der Waals surface area contributed by atoms with Crippen LogP contribution in [0.2, 0.25) is 0 Å². The molecule has 0 bridgehead atoms. The largest absolute Gasteiger partial charge is 0.418 e. The second-order valence-corrected chi connectivity index (χ2v) is 5.16. The van der Waals surface area contributed by atoms with Gasteiger partial charge in [0.05, 0.1) is 5.56 Å². The van der Waals surface area contributed by atoms with E-state index in [0.29, 0.717) is 18.5 Å². The Kier molecular flexibility index (Phi) is 4.41. The summed E-state index contributed by atoms with van der Waals surface area (Å²) in [5.74, 6) is -0.592. The van der Waals surface area contributed by atoms with Crippen molar-refractivity contribution in [2.75, 3.05) is 11.4 Å². The molecular formula is C14H18F3N3O. The smallest absolute Gasteiger partial charge is 0.368 e. The van der Waals surface area contributed by atoms with Gasteiger partial charge in [-0.05, 0) is 37.0 Å². The van der Waals surface area contributed by atoms with Crippen molar-refractivity contribution in [3.05, 3.63) is 29.3 Å². The van der Waals surface area contributed by atoms with Gasteiger partial charge in [0.1, 0.15) is 6.04 Å². The van der Waals surface area contributed by atoms with Gasteiger partial charge in [0.15, 0.2) is 0 Å². The third-order valence-electron chi connectivity index (χ3n) is 3.74. The van der Waals surface area contributed by atoms with Gasteiger partial charge in [-0.15, -0.1) is 0 Å². The molecule has 1 unspecified atom stereocenters. The van der Waals surface area contributed by atoms with Crippen LogP contribution in [0.1, 0.15) is 30.4 Å². The first-order valence-electron chi connectivity index (χ1n) is 6.80. The number of carbonyl (C=O) groups is 1. The minimum atomic E-state index is -4.50. The molecule has 116 valence electrons. The molecule has 1 aliphatic heterocycles. The quantitative estimate of drug-likeness (QED) is 0.897. The number of halogens is 3. The number of alkyl halides is 3. The molecular weight excluding hydrogens is 283 g/mol. The maximum Gasteiger partial charge on any atom is 0.418 e. The van der Waals surface area contributed by atoms with Gasteiger partial charge < -0.3 is 16.4 Å². The predicted molar refractivity (Wildman–Crippen MR) is 73.5 cm³/mol. The van der Waals surface area contributed by atoms with Crippen molar-refractivity contribution >= 4 is 11.6 Å². The lowest BCUT2D eigenvalue weighted by molar-refractivity contribution is -0.137. The second-order valence-electron chi connectivity index (χ2n) is 5.16. The zero-order valence-electron chi connectivity index (χ0n) is 11.5. The van der Waals surface area contributed by atoms with E-state index < -0.39 is 23.7 Å². The highest BCUT2D eigenvalue weighted by Gasteiger charge is 2.38. The topological polar surface area (TPSA) is 72.3 Å². The highest BCUT2D eigenvalue weighted by Crippen LogP contribution is 2.39. The normalized spacial score (nSPS) is 19.6. The number of amides is 1. The van der Waals surface area contributed by atoms with Gasteiger partial charge in [-0.1, -0.05) is 6.07 Å². The summed E-state index contributed by atoms with van der Waals surface area (Å²) in [6.07, 6.45) is -2.50. The maximum atomic E-state index is 13.3. The van der Waals surface area contributed by atoms with Crippen molar-refractivity contribution in [3.63, 3.8) is 0 Å². The van der Waals surface area contributed by atoms with Crippen LogP contribution in [0.4, 0.5) is 18.9 Å². The average molecular weight is 301 g/mol. The molecule has 21 heavy (non-hydrogen) atoms. The molecule has 1 amide bonds. The lowest BCUT2D eigenvalue weighted by Gasteiger charge is -2.37. The lowest BCUT2D eigenvalue weighted by Crippen LogP contribution is -2.48. The number of primary amides is 1. The van der Waals surface area contributed by atoms with Crippen molar-refractivity contribution in [2.24, 2.45) is 11.5 Å². The first-order chi connectivity index (χ1) is 9.84. The summed E-state index contributed by atoms with van der Waals surface area (Å²) in [6.45, 7) is 0.418. The Morgan fingerprint density at radius 3 is 2.62 bits per heavy atom. The number of nitrogens with zero attached hydrogens (tertiary/aromatic N) is 1. The molecule has 0 saturated carbocycles. The van der Waals surface area contributed by atoms with Crippen LogP contribution in [0.15, 0.2) is 18.2 Å². The summed E-state index contributed by atoms with van der Waals surface area (Å²) < 4.78 is 39.8. The van der Waals surface area contributed by atoms with Crippen molar-refractivity contribution in [3.8, 4) is 0 Å². The van der Waals surface area contributed by atoms with Gasteiger partial charge in [-0.25, -0.2) is 0 Å². The summed E-state index contributed by atoms with van der Waals surface area (Å²) in [5, 5.41) is 0. The maximum absolute atomic E-state index is 13.3. The number of piperidine rings is 1. The molecule has 4 nitrogen and oxygen atoms in total. The SMILES string of the molecule is NCc1ccc(N2CCCCC2C(N)=O)c(C(F)(F)F)c1. The summed E-state index contributed by atoms with van der Waals surface area (Å²) in [5.41, 5.74) is 10.4. The minimum Gasteiger partial charge on any atom is -0.368 e. The molecule has 1 heterocycles. The minimum absolute atomic E-state index is 0.00296. The molecule has 1 fully saturated rings. The number of benzene rings is 1. The number of hydrogen-bond donors (Lipinski definition) is 2. The molecule has 0 radical (unpaired) electrons. The van der Waals surface area contributed by atoms with Crippen LogP contribution in [0, 0.1) is 0 Å². The van der Waals surface area contributed by atoms with Crippen LogP contribution in [-0.2, 0) is 17.5 Å². The van der Waals surface area contributed by atoms with Crippen molar-refractivity contribution in [2.45, 2.75) is 38.0 Å². The Labute approximate surface area is 120 Å². The third kappa shape index (κ3) is 3.29. The van der Waals surface area contributed by atoms with Gasteiger partial charge in [-0.2, -0.15) is 13.2 Å². The number of nitrogens with two attached hydrogens (primary N) is 2. The van der Waals surface area contributed by atoms with E-state index in [4.69, 9.17) is 11.5 Å². The Bertz CT molecular complexity index is 531. The highest BCUT2D eigenvalue weighted by molar-refractivity contribution is 5.84. The number of hydrogen-bond acceptors (Lipinski definition) is 3. The fraction of sp³-hybridized carbons (Fsp3) is 0.500. The van der Waals surface area contributed by atoms with Crippen LogP contribution >= 0.6 is 0 Å². The van der Waals surface area contributed by atoms with Gasteiger partial charge in [0.2, 0.25) is 5.91 Å². The van der Waals surface area contributed by atoms with Crippen LogP contribution in [0.25, 0.3) is 0 Å². The number of carbonyl (C=O) groups excluding carboxylic acids is 1. The van der Waals surface area contributed by atoms with E-state index in [9.17, 15) is 18.0 Å². The zero-order chi connectivity index (χ0) is 15.6. The van der Waals surface area contributed by atoms with E-state index in [1.807, 2.05) is 0 Å². The molecule has 0 aromatic heterocycles. The number of rotatable bonds is 3. The highest BCUT2D eigenvalue weighted by atomic mass is 19.4. The summed E-state index contributed by atoms with van der Waals surface area (Å²) in [4.78, 5) is 13.0. The van der Waals surface area contributed by atoms with Gasteiger partial charge in [-0.3, -0.25) is 4.79 Å². The standard InChI is InChI=1S/C14H18F3N3O/c15-14(16,17)10-7-9(8-18)4-5-11(10)20-6-2-1-3-12(20)13(19)21/h4-5,7,12H,1-3,6,8,18H2,(H2,19,21). The van der Waals surface area contributed by atoms with Crippen molar-refractivity contribution < 1.29 is 18.0 Å². The van der Waals surface area contributed by atoms with Gasteiger partial charge >= 0.3 is 6.18 Å². The Morgan fingerprint density at radius 2 is 2.05 bits per heavy atom. The molecule has 7 heteroatoms. The second kappa shape index (κ2) is 5.93. The van der Waals surface area contributed by atoms with E-state index in [0.717, 1.165) is 18.9 Å². The van der Waals surface area contributed by atoms with Crippen LogP contribution in [0.3, 0.4) is 0 Å². The average Bonchev–Trinajstić information content (AvgIpc) is 2.45. The molecule has 4 N–H and O–H groups in total. The molecule has 1 aromatic rings. The number of anilines is 1. The first-order valence-corrected chi connectivity index (χ1v) is 6.80. The van der Waals surface area contributed by atoms with Crippen LogP contribution < -0.4 is 16.4 Å². The van der Waals surface area contributed by atoms with E-state index in [1.54, 1.807) is 6.07 Å². The first kappa shape index (κ1) is 15.6. The monoisotopic (exact) mass is 301 g/mol. The molecule has 1 atom stereocenters. The van der Waals surface area contributed by atoms with Gasteiger partial charge in [0.25, 0.3) is 0 Å². The Morgan fingerprint density at radius 1 is 1.33 bits per heavy atom. The van der Waals surface area contributed by atoms with Crippen LogP contribution in [0.5, 0.6) is 0 Å². The third-order valence-corrected chi connectivity index (χ3v) is 3.74. The summed E-state index contributed by atoms with van der Waals surface area (Å²) in [6, 6.07) is 3.29. The lowest BCUT2D eigenvalue weighted by atomic mass is 9.98. The summed E-state index contributed by atoms with van der Waals surface area (Å²) >= 11 is 0. The van der Waals surface area contributed by atoms with E-state index in [1.165, 1.54) is 11.0 Å². The van der Waals surface area contributed by atoms with Gasteiger partial charge in [0, 0.05) is 18.8 Å². The molecule has 1 saturated heterocycles. The summed E-state index contributed by atoms with van der Waals surface area (Å²) in [7, 11) is 0. The van der Waals surface area contributed by atoms with Crippen molar-refractivity contribution in [1.82, 2.24) is 0 Å².